The molecule has 1 aliphatic rings. The van der Waals surface area contributed by atoms with Gasteiger partial charge in [0.05, 0.1) is 24.3 Å². The second kappa shape index (κ2) is 7.97. The number of aliphatic hydroxyl groups is 1. The first kappa shape index (κ1) is 17.9. The lowest BCUT2D eigenvalue weighted by atomic mass is 10.2. The van der Waals surface area contributed by atoms with E-state index in [1.165, 1.54) is 11.8 Å². The standard InChI is InChI=1S/C19H18N2O4S/c1-3-25-19(23)16-17(22)15(11-12-7-5-9-20-12)26-18(16)21-13-6-4-8-14(10-13)24-2/h4-11,20,22H,3H2,1-2H3/b15-11-,21-18?. The van der Waals surface area contributed by atoms with Gasteiger partial charge in [-0.1, -0.05) is 17.8 Å². The van der Waals surface area contributed by atoms with Gasteiger partial charge in [-0.05, 0) is 37.3 Å². The monoisotopic (exact) mass is 370 g/mol. The third kappa shape index (κ3) is 3.83. The topological polar surface area (TPSA) is 83.9 Å². The van der Waals surface area contributed by atoms with E-state index in [0.29, 0.717) is 21.4 Å². The number of H-pyrrole nitrogens is 1. The fraction of sp³-hybridized carbons (Fsp3) is 0.158. The van der Waals surface area contributed by atoms with Crippen LogP contribution >= 0.6 is 11.8 Å². The number of methoxy groups -OCH3 is 1. The number of nitrogens with zero attached hydrogens (tertiary/aromatic N) is 1. The highest BCUT2D eigenvalue weighted by Gasteiger charge is 2.33. The molecule has 134 valence electrons. The van der Waals surface area contributed by atoms with Crippen LogP contribution in [0.15, 0.2) is 63.8 Å². The first-order chi connectivity index (χ1) is 12.6. The van der Waals surface area contributed by atoms with Gasteiger partial charge >= 0.3 is 5.97 Å². The number of carbonyl (C=O) groups is 1. The summed E-state index contributed by atoms with van der Waals surface area (Å²) in [6, 6.07) is 10.9. The van der Waals surface area contributed by atoms with Gasteiger partial charge in [-0.3, -0.25) is 0 Å². The number of aromatic nitrogens is 1. The number of hydrogen-bond donors (Lipinski definition) is 2. The van der Waals surface area contributed by atoms with Crippen molar-refractivity contribution in [1.82, 2.24) is 4.98 Å². The van der Waals surface area contributed by atoms with E-state index in [4.69, 9.17) is 9.47 Å². The SMILES string of the molecule is CCOC(=O)C1=C(O)/C(=C/c2ccc[nH]2)SC1=Nc1cccc(OC)c1. The molecule has 0 aliphatic carbocycles. The number of esters is 1. The molecule has 0 atom stereocenters. The number of rotatable bonds is 5. The van der Waals surface area contributed by atoms with Crippen molar-refractivity contribution in [3.63, 3.8) is 0 Å². The zero-order valence-corrected chi connectivity index (χ0v) is 15.2. The van der Waals surface area contributed by atoms with Gasteiger partial charge in [0.1, 0.15) is 22.1 Å². The van der Waals surface area contributed by atoms with Crippen LogP contribution in [0.1, 0.15) is 12.6 Å². The molecule has 0 amide bonds. The summed E-state index contributed by atoms with van der Waals surface area (Å²) >= 11 is 1.21. The Kier molecular flexibility index (Phi) is 5.48. The quantitative estimate of drug-likeness (QED) is 0.770. The third-order valence-electron chi connectivity index (χ3n) is 3.56. The fourth-order valence-electron chi connectivity index (χ4n) is 2.36. The Morgan fingerprint density at radius 1 is 1.35 bits per heavy atom. The lowest BCUT2D eigenvalue weighted by Gasteiger charge is -2.04. The Labute approximate surface area is 155 Å². The Bertz CT molecular complexity index is 898. The van der Waals surface area contributed by atoms with Crippen molar-refractivity contribution < 1.29 is 19.4 Å². The van der Waals surface area contributed by atoms with E-state index in [9.17, 15) is 9.90 Å². The molecular weight excluding hydrogens is 352 g/mol. The van der Waals surface area contributed by atoms with Crippen LogP contribution in [0.3, 0.4) is 0 Å². The van der Waals surface area contributed by atoms with E-state index >= 15 is 0 Å². The number of hydrogen-bond acceptors (Lipinski definition) is 6. The van der Waals surface area contributed by atoms with Gasteiger partial charge in [0.15, 0.2) is 0 Å². The van der Waals surface area contributed by atoms with Gasteiger partial charge in [-0.2, -0.15) is 0 Å². The Morgan fingerprint density at radius 3 is 2.88 bits per heavy atom. The smallest absolute Gasteiger partial charge is 0.344 e. The summed E-state index contributed by atoms with van der Waals surface area (Å²) in [4.78, 5) is 20.4. The summed E-state index contributed by atoms with van der Waals surface area (Å²) in [5.41, 5.74) is 1.49. The number of aromatic amines is 1. The lowest BCUT2D eigenvalue weighted by molar-refractivity contribution is -0.138. The Morgan fingerprint density at radius 2 is 2.19 bits per heavy atom. The molecule has 0 saturated carbocycles. The molecule has 1 aromatic heterocycles. The van der Waals surface area contributed by atoms with Crippen LogP contribution in [-0.4, -0.2) is 34.8 Å². The van der Waals surface area contributed by atoms with Gasteiger partial charge < -0.3 is 19.6 Å². The van der Waals surface area contributed by atoms with E-state index in [2.05, 4.69) is 9.98 Å². The molecule has 0 saturated heterocycles. The van der Waals surface area contributed by atoms with Crippen molar-refractivity contribution in [3.05, 3.63) is 64.5 Å². The fourth-order valence-corrected chi connectivity index (χ4v) is 3.39. The molecule has 7 heteroatoms. The molecule has 2 N–H and O–H groups in total. The average molecular weight is 370 g/mol. The van der Waals surface area contributed by atoms with Crippen LogP contribution in [0, 0.1) is 0 Å². The molecule has 1 aliphatic heterocycles. The highest BCUT2D eigenvalue weighted by molar-refractivity contribution is 8.18. The maximum absolute atomic E-state index is 12.3. The van der Waals surface area contributed by atoms with Gasteiger partial charge in [0.2, 0.25) is 0 Å². The van der Waals surface area contributed by atoms with E-state index in [0.717, 1.165) is 5.69 Å². The van der Waals surface area contributed by atoms with Crippen LogP contribution in [0.4, 0.5) is 5.69 Å². The molecular formula is C19H18N2O4S. The van der Waals surface area contributed by atoms with E-state index in [-0.39, 0.29) is 17.9 Å². The first-order valence-corrected chi connectivity index (χ1v) is 8.80. The van der Waals surface area contributed by atoms with Gasteiger partial charge in [0, 0.05) is 18.0 Å². The predicted molar refractivity (Wildman–Crippen MR) is 103 cm³/mol. The van der Waals surface area contributed by atoms with Gasteiger partial charge in [0.25, 0.3) is 0 Å². The maximum atomic E-state index is 12.3. The van der Waals surface area contributed by atoms with Gasteiger partial charge in [-0.25, -0.2) is 9.79 Å². The summed E-state index contributed by atoms with van der Waals surface area (Å²) in [5, 5.41) is 10.9. The summed E-state index contributed by atoms with van der Waals surface area (Å²) in [7, 11) is 1.57. The Hall–Kier alpha value is -2.93. The zero-order valence-electron chi connectivity index (χ0n) is 14.4. The summed E-state index contributed by atoms with van der Waals surface area (Å²) < 4.78 is 10.3. The molecule has 0 fully saturated rings. The normalized spacial score (nSPS) is 17.2. The highest BCUT2D eigenvalue weighted by Crippen LogP contribution is 2.40. The number of benzene rings is 1. The van der Waals surface area contributed by atoms with E-state index in [1.54, 1.807) is 44.5 Å². The van der Waals surface area contributed by atoms with Crippen molar-refractivity contribution in [2.75, 3.05) is 13.7 Å². The second-order valence-electron chi connectivity index (χ2n) is 5.30. The molecule has 1 aromatic carbocycles. The molecule has 6 nitrogen and oxygen atoms in total. The number of thioether (sulfide) groups is 1. The molecule has 0 unspecified atom stereocenters. The van der Waals surface area contributed by atoms with Crippen LogP contribution in [0.25, 0.3) is 6.08 Å². The highest BCUT2D eigenvalue weighted by atomic mass is 32.2. The third-order valence-corrected chi connectivity index (χ3v) is 4.58. The minimum Gasteiger partial charge on any atom is -0.506 e. The van der Waals surface area contributed by atoms with E-state index in [1.807, 2.05) is 18.2 Å². The number of ether oxygens (including phenoxy) is 2. The predicted octanol–water partition coefficient (Wildman–Crippen LogP) is 4.22. The maximum Gasteiger partial charge on any atom is 0.344 e. The molecule has 0 radical (unpaired) electrons. The van der Waals surface area contributed by atoms with Crippen LogP contribution in [0.5, 0.6) is 5.75 Å². The van der Waals surface area contributed by atoms with E-state index < -0.39 is 5.97 Å². The molecule has 0 spiro atoms. The lowest BCUT2D eigenvalue weighted by Crippen LogP contribution is -2.12. The van der Waals surface area contributed by atoms with Crippen LogP contribution in [0.2, 0.25) is 0 Å². The van der Waals surface area contributed by atoms with Crippen molar-refractivity contribution in [1.29, 1.82) is 0 Å². The molecule has 2 heterocycles. The van der Waals surface area contributed by atoms with Crippen molar-refractivity contribution in [2.45, 2.75) is 6.92 Å². The van der Waals surface area contributed by atoms with Crippen LogP contribution in [-0.2, 0) is 9.53 Å². The van der Waals surface area contributed by atoms with Crippen molar-refractivity contribution in [2.24, 2.45) is 4.99 Å². The average Bonchev–Trinajstić information content (AvgIpc) is 3.24. The summed E-state index contributed by atoms with van der Waals surface area (Å²) in [6.45, 7) is 1.93. The number of nitrogens with one attached hydrogen (secondary N) is 1. The largest absolute Gasteiger partial charge is 0.506 e. The summed E-state index contributed by atoms with van der Waals surface area (Å²) in [6.07, 6.45) is 3.54. The first-order valence-electron chi connectivity index (χ1n) is 7.99. The number of carbonyl (C=O) groups excluding carboxylic acids is 1. The number of aliphatic hydroxyl groups excluding tert-OH is 1. The molecule has 2 aromatic rings. The molecule has 3 rings (SSSR count). The minimum absolute atomic E-state index is 0.0671. The minimum atomic E-state index is -0.603. The Balaban J connectivity index is 2.03. The van der Waals surface area contributed by atoms with Gasteiger partial charge in [-0.15, -0.1) is 0 Å². The second-order valence-corrected chi connectivity index (χ2v) is 6.33. The summed E-state index contributed by atoms with van der Waals surface area (Å²) in [5.74, 6) is -0.0818. The van der Waals surface area contributed by atoms with Crippen LogP contribution < -0.4 is 4.74 Å². The van der Waals surface area contributed by atoms with Crippen molar-refractivity contribution in [3.8, 4) is 5.75 Å². The zero-order chi connectivity index (χ0) is 18.5. The number of aliphatic imine (C=N–C) groups is 1. The molecule has 26 heavy (non-hydrogen) atoms. The van der Waals surface area contributed by atoms with Crippen molar-refractivity contribution >= 4 is 34.5 Å². The molecule has 0 bridgehead atoms.